The van der Waals surface area contributed by atoms with E-state index in [1.165, 1.54) is 0 Å². The third-order valence-corrected chi connectivity index (χ3v) is 3.71. The summed E-state index contributed by atoms with van der Waals surface area (Å²) in [6.07, 6.45) is 0. The molecule has 2 heterocycles. The number of hydrogen-bond donors (Lipinski definition) is 4. The molecule has 128 valence electrons. The summed E-state index contributed by atoms with van der Waals surface area (Å²) < 4.78 is 5.22. The number of ether oxygens (including phenoxy) is 1. The standard InChI is InChI=1S/C15H21N7O2/c1-24-12-4-2-3-11(9-12)10-17-13-18-14(21-23)20-15(19-13)22-7-5-16-6-8-22/h2-4,9,16,23H,5-8,10H2,1H3,(H2,17,18,19,20,21). The zero-order chi connectivity index (χ0) is 16.8. The first-order chi connectivity index (χ1) is 11.8. The van der Waals surface area contributed by atoms with Crippen molar-refractivity contribution in [1.82, 2.24) is 20.3 Å². The van der Waals surface area contributed by atoms with Crippen LogP contribution in [0.1, 0.15) is 5.56 Å². The monoisotopic (exact) mass is 331 g/mol. The lowest BCUT2D eigenvalue weighted by Crippen LogP contribution is -2.44. The van der Waals surface area contributed by atoms with Crippen molar-refractivity contribution in [1.29, 1.82) is 0 Å². The summed E-state index contributed by atoms with van der Waals surface area (Å²) >= 11 is 0. The third kappa shape index (κ3) is 4.00. The molecule has 0 aliphatic carbocycles. The van der Waals surface area contributed by atoms with Crippen LogP contribution in [0.2, 0.25) is 0 Å². The Labute approximate surface area is 140 Å². The summed E-state index contributed by atoms with van der Waals surface area (Å²) in [5.74, 6) is 1.85. The normalized spacial score (nSPS) is 14.3. The highest BCUT2D eigenvalue weighted by molar-refractivity contribution is 5.44. The summed E-state index contributed by atoms with van der Waals surface area (Å²) in [5.41, 5.74) is 3.04. The lowest BCUT2D eigenvalue weighted by atomic mass is 10.2. The van der Waals surface area contributed by atoms with Crippen LogP contribution in [-0.2, 0) is 6.54 Å². The van der Waals surface area contributed by atoms with Crippen molar-refractivity contribution >= 4 is 17.8 Å². The summed E-state index contributed by atoms with van der Waals surface area (Å²) in [7, 11) is 1.64. The molecular formula is C15H21N7O2. The van der Waals surface area contributed by atoms with E-state index in [9.17, 15) is 0 Å². The molecule has 1 aromatic carbocycles. The molecule has 2 aromatic rings. The fourth-order valence-electron chi connectivity index (χ4n) is 2.46. The van der Waals surface area contributed by atoms with Crippen molar-refractivity contribution in [3.05, 3.63) is 29.8 Å². The number of nitrogens with one attached hydrogen (secondary N) is 3. The second-order valence-corrected chi connectivity index (χ2v) is 5.34. The molecule has 9 nitrogen and oxygen atoms in total. The van der Waals surface area contributed by atoms with E-state index in [-0.39, 0.29) is 5.95 Å². The van der Waals surface area contributed by atoms with Gasteiger partial charge >= 0.3 is 0 Å². The van der Waals surface area contributed by atoms with Gasteiger partial charge in [0.15, 0.2) is 0 Å². The van der Waals surface area contributed by atoms with Gasteiger partial charge in [-0.2, -0.15) is 15.0 Å². The highest BCUT2D eigenvalue weighted by Crippen LogP contribution is 2.16. The first-order valence-corrected chi connectivity index (χ1v) is 7.77. The van der Waals surface area contributed by atoms with Crippen molar-refractivity contribution in [2.24, 2.45) is 0 Å². The van der Waals surface area contributed by atoms with Gasteiger partial charge in [0.1, 0.15) is 5.75 Å². The van der Waals surface area contributed by atoms with E-state index < -0.39 is 0 Å². The largest absolute Gasteiger partial charge is 0.497 e. The number of anilines is 3. The Morgan fingerprint density at radius 1 is 1.21 bits per heavy atom. The quantitative estimate of drug-likeness (QED) is 0.569. The van der Waals surface area contributed by atoms with Crippen LogP contribution in [-0.4, -0.2) is 53.4 Å². The average molecular weight is 331 g/mol. The Bertz CT molecular complexity index is 677. The molecule has 0 spiro atoms. The number of piperazine rings is 1. The molecule has 1 aliphatic rings. The van der Waals surface area contributed by atoms with Crippen molar-refractivity contribution in [3.8, 4) is 5.75 Å². The molecule has 24 heavy (non-hydrogen) atoms. The van der Waals surface area contributed by atoms with E-state index in [0.29, 0.717) is 18.4 Å². The number of nitrogens with zero attached hydrogens (tertiary/aromatic N) is 4. The van der Waals surface area contributed by atoms with E-state index in [1.807, 2.05) is 29.7 Å². The molecule has 1 aliphatic heterocycles. The van der Waals surface area contributed by atoms with Gasteiger partial charge in [-0.15, -0.1) is 0 Å². The molecule has 0 radical (unpaired) electrons. The molecule has 3 rings (SSSR count). The SMILES string of the molecule is COc1cccc(CNc2nc(NO)nc(N3CCNCC3)n2)c1. The van der Waals surface area contributed by atoms with Gasteiger partial charge < -0.3 is 20.3 Å². The number of aromatic nitrogens is 3. The van der Waals surface area contributed by atoms with E-state index >= 15 is 0 Å². The van der Waals surface area contributed by atoms with Crippen molar-refractivity contribution in [2.75, 3.05) is 49.0 Å². The van der Waals surface area contributed by atoms with E-state index in [0.717, 1.165) is 37.5 Å². The number of hydrogen-bond acceptors (Lipinski definition) is 9. The van der Waals surface area contributed by atoms with Crippen LogP contribution in [0.5, 0.6) is 5.75 Å². The summed E-state index contributed by atoms with van der Waals surface area (Å²) in [4.78, 5) is 14.8. The van der Waals surface area contributed by atoms with E-state index in [4.69, 9.17) is 9.94 Å². The zero-order valence-electron chi connectivity index (χ0n) is 13.5. The van der Waals surface area contributed by atoms with Crippen LogP contribution in [0.25, 0.3) is 0 Å². The molecule has 1 fully saturated rings. The maximum absolute atomic E-state index is 9.16. The minimum Gasteiger partial charge on any atom is -0.497 e. The van der Waals surface area contributed by atoms with Gasteiger partial charge in [0.05, 0.1) is 7.11 Å². The first kappa shape index (κ1) is 16.2. The van der Waals surface area contributed by atoms with Gasteiger partial charge in [-0.1, -0.05) is 12.1 Å². The maximum Gasteiger partial charge on any atom is 0.253 e. The molecule has 0 atom stereocenters. The Balaban J connectivity index is 1.74. The minimum atomic E-state index is 0.117. The zero-order valence-corrected chi connectivity index (χ0v) is 13.5. The van der Waals surface area contributed by atoms with E-state index in [1.54, 1.807) is 7.11 Å². The van der Waals surface area contributed by atoms with Gasteiger partial charge in [0.2, 0.25) is 11.9 Å². The van der Waals surface area contributed by atoms with Gasteiger partial charge in [-0.3, -0.25) is 5.21 Å². The fourth-order valence-corrected chi connectivity index (χ4v) is 2.46. The summed E-state index contributed by atoms with van der Waals surface area (Å²) in [5, 5.41) is 15.6. The molecule has 1 saturated heterocycles. The molecule has 0 unspecified atom stereocenters. The molecule has 4 N–H and O–H groups in total. The van der Waals surface area contributed by atoms with Crippen LogP contribution in [0.15, 0.2) is 24.3 Å². The Kier molecular flexibility index (Phi) is 5.24. The lowest BCUT2D eigenvalue weighted by molar-refractivity contribution is 0.382. The Morgan fingerprint density at radius 3 is 2.75 bits per heavy atom. The fraction of sp³-hybridized carbons (Fsp3) is 0.400. The lowest BCUT2D eigenvalue weighted by Gasteiger charge is -2.27. The van der Waals surface area contributed by atoms with Crippen molar-refractivity contribution < 1.29 is 9.94 Å². The van der Waals surface area contributed by atoms with Gasteiger partial charge in [-0.05, 0) is 17.7 Å². The number of benzene rings is 1. The van der Waals surface area contributed by atoms with Gasteiger partial charge in [-0.25, -0.2) is 5.48 Å². The van der Waals surface area contributed by atoms with Gasteiger partial charge in [0.25, 0.3) is 5.95 Å². The number of methoxy groups -OCH3 is 1. The van der Waals surface area contributed by atoms with Crippen LogP contribution < -0.4 is 25.8 Å². The third-order valence-electron chi connectivity index (χ3n) is 3.71. The highest BCUT2D eigenvalue weighted by atomic mass is 16.5. The predicted molar refractivity (Wildman–Crippen MR) is 90.6 cm³/mol. The summed E-state index contributed by atoms with van der Waals surface area (Å²) in [6, 6.07) is 7.74. The maximum atomic E-state index is 9.16. The van der Waals surface area contributed by atoms with Crippen LogP contribution in [0.4, 0.5) is 17.8 Å². The second-order valence-electron chi connectivity index (χ2n) is 5.34. The smallest absolute Gasteiger partial charge is 0.253 e. The van der Waals surface area contributed by atoms with Crippen LogP contribution >= 0.6 is 0 Å². The molecule has 0 saturated carbocycles. The molecule has 9 heteroatoms. The molecule has 0 amide bonds. The number of rotatable bonds is 6. The van der Waals surface area contributed by atoms with Crippen molar-refractivity contribution in [2.45, 2.75) is 6.54 Å². The summed E-state index contributed by atoms with van der Waals surface area (Å²) in [6.45, 7) is 3.90. The van der Waals surface area contributed by atoms with Crippen molar-refractivity contribution in [3.63, 3.8) is 0 Å². The van der Waals surface area contributed by atoms with E-state index in [2.05, 4.69) is 30.5 Å². The average Bonchev–Trinajstić information content (AvgIpc) is 2.67. The Morgan fingerprint density at radius 2 is 2.00 bits per heavy atom. The topological polar surface area (TPSA) is 107 Å². The molecule has 0 bridgehead atoms. The highest BCUT2D eigenvalue weighted by Gasteiger charge is 2.15. The van der Waals surface area contributed by atoms with Crippen LogP contribution in [0.3, 0.4) is 0 Å². The minimum absolute atomic E-state index is 0.117. The Hall–Kier alpha value is -2.65. The second kappa shape index (κ2) is 7.75. The first-order valence-electron chi connectivity index (χ1n) is 7.77. The van der Waals surface area contributed by atoms with Gasteiger partial charge in [0, 0.05) is 32.7 Å². The predicted octanol–water partition coefficient (Wildman–Crippen LogP) is 0.703. The molecular weight excluding hydrogens is 310 g/mol. The molecule has 1 aromatic heterocycles. The van der Waals surface area contributed by atoms with Crippen LogP contribution in [0, 0.1) is 0 Å².